The van der Waals surface area contributed by atoms with Crippen molar-refractivity contribution in [1.29, 1.82) is 0 Å². The largest absolute Gasteiger partial charge is 0.497 e. The predicted molar refractivity (Wildman–Crippen MR) is 110 cm³/mol. The normalized spacial score (nSPS) is 20.0. The van der Waals surface area contributed by atoms with Crippen LogP contribution in [0.15, 0.2) is 48.5 Å². The van der Waals surface area contributed by atoms with Gasteiger partial charge in [-0.25, -0.2) is 4.90 Å². The van der Waals surface area contributed by atoms with E-state index >= 15 is 0 Å². The molecule has 1 N–H and O–H groups in total. The van der Waals surface area contributed by atoms with E-state index in [0.717, 1.165) is 10.6 Å². The summed E-state index contributed by atoms with van der Waals surface area (Å²) in [6.07, 6.45) is 0.197. The predicted octanol–water partition coefficient (Wildman–Crippen LogP) is 0.640. The van der Waals surface area contributed by atoms with Crippen molar-refractivity contribution >= 4 is 28.9 Å². The lowest BCUT2D eigenvalue weighted by molar-refractivity contribution is -0.915. The van der Waals surface area contributed by atoms with Gasteiger partial charge in [0, 0.05) is 23.9 Å². The number of rotatable bonds is 5. The number of amides is 2. The molecule has 156 valence electrons. The Morgan fingerprint density at radius 1 is 1.07 bits per heavy atom. The number of nitro benzene ring substituents is 1. The van der Waals surface area contributed by atoms with E-state index in [0.29, 0.717) is 37.6 Å². The van der Waals surface area contributed by atoms with Crippen LogP contribution in [0.5, 0.6) is 5.75 Å². The molecule has 2 amide bonds. The van der Waals surface area contributed by atoms with Gasteiger partial charge in [-0.05, 0) is 24.3 Å². The van der Waals surface area contributed by atoms with Crippen molar-refractivity contribution in [2.75, 3.05) is 43.1 Å². The van der Waals surface area contributed by atoms with Crippen LogP contribution >= 0.6 is 0 Å². The summed E-state index contributed by atoms with van der Waals surface area (Å²) in [5.41, 5.74) is 1.53. The third kappa shape index (κ3) is 3.71. The van der Waals surface area contributed by atoms with E-state index in [1.807, 2.05) is 0 Å². The monoisotopic (exact) mass is 411 g/mol. The molecule has 0 unspecified atom stereocenters. The summed E-state index contributed by atoms with van der Waals surface area (Å²) < 4.78 is 5.21. The van der Waals surface area contributed by atoms with Gasteiger partial charge in [-0.2, -0.15) is 0 Å². The van der Waals surface area contributed by atoms with Crippen LogP contribution in [0.1, 0.15) is 6.42 Å². The molecule has 2 aliphatic heterocycles. The van der Waals surface area contributed by atoms with Gasteiger partial charge in [0.25, 0.3) is 11.6 Å². The molecule has 2 saturated heterocycles. The van der Waals surface area contributed by atoms with Gasteiger partial charge in [0.15, 0.2) is 6.04 Å². The molecular formula is C21H23N4O5+. The van der Waals surface area contributed by atoms with E-state index in [1.165, 1.54) is 17.0 Å². The van der Waals surface area contributed by atoms with Crippen molar-refractivity contribution in [3.8, 4) is 5.75 Å². The number of hydrogen-bond acceptors (Lipinski definition) is 6. The number of nitrogens with zero attached hydrogens (tertiary/aromatic N) is 3. The van der Waals surface area contributed by atoms with Gasteiger partial charge < -0.3 is 14.5 Å². The first-order valence-corrected chi connectivity index (χ1v) is 9.83. The molecule has 2 heterocycles. The lowest BCUT2D eigenvalue weighted by atomic mass is 10.1. The molecular weight excluding hydrogens is 388 g/mol. The van der Waals surface area contributed by atoms with Crippen LogP contribution in [0, 0.1) is 10.1 Å². The minimum Gasteiger partial charge on any atom is -0.497 e. The Balaban J connectivity index is 1.41. The van der Waals surface area contributed by atoms with E-state index < -0.39 is 4.92 Å². The number of benzene rings is 2. The molecule has 30 heavy (non-hydrogen) atoms. The van der Waals surface area contributed by atoms with Crippen LogP contribution in [0.25, 0.3) is 0 Å². The van der Waals surface area contributed by atoms with Crippen molar-refractivity contribution in [3.63, 3.8) is 0 Å². The molecule has 2 fully saturated rings. The third-order valence-corrected chi connectivity index (χ3v) is 5.78. The van der Waals surface area contributed by atoms with E-state index in [2.05, 4.69) is 4.90 Å². The molecule has 0 saturated carbocycles. The lowest BCUT2D eigenvalue weighted by Crippen LogP contribution is -3.19. The highest BCUT2D eigenvalue weighted by Gasteiger charge is 2.46. The molecule has 2 aromatic carbocycles. The topological polar surface area (TPSA) is 97.4 Å². The Bertz CT molecular complexity index is 970. The molecule has 0 spiro atoms. The number of carbonyl (C=O) groups is 2. The molecule has 2 aliphatic rings. The first-order chi connectivity index (χ1) is 14.5. The summed E-state index contributed by atoms with van der Waals surface area (Å²) in [6.45, 7) is 2.85. The summed E-state index contributed by atoms with van der Waals surface area (Å²) in [5, 5.41) is 10.8. The minimum absolute atomic E-state index is 0.0655. The number of anilines is 2. The fraction of sp³-hybridized carbons (Fsp3) is 0.333. The maximum Gasteiger partial charge on any atom is 0.292 e. The summed E-state index contributed by atoms with van der Waals surface area (Å²) in [7, 11) is 1.55. The van der Waals surface area contributed by atoms with E-state index in [9.17, 15) is 19.7 Å². The molecule has 9 nitrogen and oxygen atoms in total. The van der Waals surface area contributed by atoms with Crippen molar-refractivity contribution in [2.24, 2.45) is 0 Å². The fourth-order valence-electron chi connectivity index (χ4n) is 4.16. The number of imide groups is 1. The Labute approximate surface area is 173 Å². The second kappa shape index (κ2) is 8.11. The standard InChI is InChI=1S/C21H22N4O5/c1-30-18-4-2-3-17(13-18)24-20(26)14-19(21(24)27)23-11-9-22(10-12-23)15-5-7-16(8-6-15)25(28)29/h2-8,13,19H,9-12,14H2,1H3/p+1/t19-/m1/s1. The number of nitro groups is 1. The average molecular weight is 411 g/mol. The SMILES string of the molecule is COc1cccc(N2C(=O)C[C@@H]([NH+]3CCN(c4ccc([N+](=O)[O-])cc4)CC3)C2=O)c1. The lowest BCUT2D eigenvalue weighted by Gasteiger charge is -2.35. The van der Waals surface area contributed by atoms with E-state index in [4.69, 9.17) is 4.74 Å². The van der Waals surface area contributed by atoms with Crippen LogP contribution < -0.4 is 19.4 Å². The van der Waals surface area contributed by atoms with Crippen molar-refractivity contribution in [1.82, 2.24) is 0 Å². The highest BCUT2D eigenvalue weighted by molar-refractivity contribution is 6.21. The minimum atomic E-state index is -0.414. The summed E-state index contributed by atoms with van der Waals surface area (Å²) >= 11 is 0. The second-order valence-corrected chi connectivity index (χ2v) is 7.44. The zero-order chi connectivity index (χ0) is 21.3. The van der Waals surface area contributed by atoms with Crippen LogP contribution in [-0.2, 0) is 9.59 Å². The Morgan fingerprint density at radius 3 is 2.40 bits per heavy atom. The zero-order valence-electron chi connectivity index (χ0n) is 16.6. The molecule has 0 radical (unpaired) electrons. The molecule has 0 bridgehead atoms. The molecule has 0 aromatic heterocycles. The number of ether oxygens (including phenoxy) is 1. The number of methoxy groups -OCH3 is 1. The molecule has 9 heteroatoms. The zero-order valence-corrected chi connectivity index (χ0v) is 16.6. The number of quaternary nitrogens is 1. The van der Waals surface area contributed by atoms with E-state index in [-0.39, 0.29) is 30.0 Å². The van der Waals surface area contributed by atoms with E-state index in [1.54, 1.807) is 43.5 Å². The first kappa shape index (κ1) is 19.8. The van der Waals surface area contributed by atoms with Gasteiger partial charge in [-0.1, -0.05) is 6.07 Å². The van der Waals surface area contributed by atoms with Gasteiger partial charge >= 0.3 is 0 Å². The number of non-ortho nitro benzene ring substituents is 1. The number of carbonyl (C=O) groups excluding carboxylic acids is 2. The van der Waals surface area contributed by atoms with Gasteiger partial charge in [-0.15, -0.1) is 0 Å². The van der Waals surface area contributed by atoms with Crippen molar-refractivity contribution in [2.45, 2.75) is 12.5 Å². The summed E-state index contributed by atoms with van der Waals surface area (Å²) in [4.78, 5) is 40.5. The smallest absolute Gasteiger partial charge is 0.292 e. The number of piperazine rings is 1. The quantitative estimate of drug-likeness (QED) is 0.441. The van der Waals surface area contributed by atoms with Gasteiger partial charge in [0.1, 0.15) is 5.75 Å². The van der Waals surface area contributed by atoms with Gasteiger partial charge in [-0.3, -0.25) is 19.7 Å². The highest BCUT2D eigenvalue weighted by atomic mass is 16.6. The number of nitrogens with one attached hydrogen (secondary N) is 1. The molecule has 1 atom stereocenters. The van der Waals surface area contributed by atoms with Crippen LogP contribution in [0.3, 0.4) is 0 Å². The maximum absolute atomic E-state index is 13.0. The van der Waals surface area contributed by atoms with Crippen LogP contribution in [-0.4, -0.2) is 56.1 Å². The second-order valence-electron chi connectivity index (χ2n) is 7.44. The Kier molecular flexibility index (Phi) is 5.37. The van der Waals surface area contributed by atoms with Gasteiger partial charge in [0.2, 0.25) is 5.91 Å². The van der Waals surface area contributed by atoms with Gasteiger partial charge in [0.05, 0.1) is 50.3 Å². The molecule has 0 aliphatic carbocycles. The third-order valence-electron chi connectivity index (χ3n) is 5.78. The maximum atomic E-state index is 13.0. The Morgan fingerprint density at radius 2 is 1.77 bits per heavy atom. The summed E-state index contributed by atoms with van der Waals surface area (Å²) in [5.74, 6) is 0.233. The van der Waals surface area contributed by atoms with Crippen LogP contribution in [0.4, 0.5) is 17.1 Å². The first-order valence-electron chi connectivity index (χ1n) is 9.83. The Hall–Kier alpha value is -3.46. The summed E-state index contributed by atoms with van der Waals surface area (Å²) in [6, 6.07) is 13.1. The van der Waals surface area contributed by atoms with Crippen LogP contribution in [0.2, 0.25) is 0 Å². The molecule has 2 aromatic rings. The average Bonchev–Trinajstić information content (AvgIpc) is 3.07. The molecule has 4 rings (SSSR count). The number of hydrogen-bond donors (Lipinski definition) is 1. The van der Waals surface area contributed by atoms with Crippen molar-refractivity contribution in [3.05, 3.63) is 58.6 Å². The van der Waals surface area contributed by atoms with Crippen molar-refractivity contribution < 1.29 is 24.1 Å². The fourth-order valence-corrected chi connectivity index (χ4v) is 4.16. The highest BCUT2D eigenvalue weighted by Crippen LogP contribution is 2.26.